The Bertz CT molecular complexity index is 986. The summed E-state index contributed by atoms with van der Waals surface area (Å²) in [6, 6.07) is 12.4. The maximum Gasteiger partial charge on any atom is 0.306 e. The summed E-state index contributed by atoms with van der Waals surface area (Å²) in [5.74, 6) is 0.522. The van der Waals surface area contributed by atoms with Gasteiger partial charge in [0.1, 0.15) is 5.75 Å². The fourth-order valence-electron chi connectivity index (χ4n) is 2.47. The van der Waals surface area contributed by atoms with Gasteiger partial charge < -0.3 is 4.18 Å². The van der Waals surface area contributed by atoms with Gasteiger partial charge in [0.25, 0.3) is 0 Å². The van der Waals surface area contributed by atoms with E-state index in [1.165, 1.54) is 28.6 Å². The highest BCUT2D eigenvalue weighted by Crippen LogP contribution is 2.23. The third-order valence-electron chi connectivity index (χ3n) is 3.94. The molecule has 0 radical (unpaired) electrons. The van der Waals surface area contributed by atoms with Crippen molar-refractivity contribution in [3.05, 3.63) is 59.1 Å². The van der Waals surface area contributed by atoms with E-state index >= 15 is 0 Å². The highest BCUT2D eigenvalue weighted by molar-refractivity contribution is 7.89. The summed E-state index contributed by atoms with van der Waals surface area (Å²) in [5, 5.41) is 0.467. The van der Waals surface area contributed by atoms with Crippen LogP contribution in [-0.4, -0.2) is 33.9 Å². The van der Waals surface area contributed by atoms with Crippen molar-refractivity contribution in [2.24, 2.45) is 5.92 Å². The molecule has 0 N–H and O–H groups in total. The average molecular weight is 446 g/mol. The van der Waals surface area contributed by atoms with Crippen molar-refractivity contribution in [1.29, 1.82) is 0 Å². The largest absolute Gasteiger partial charge is 0.383 e. The summed E-state index contributed by atoms with van der Waals surface area (Å²) in [7, 11) is -7.31. The van der Waals surface area contributed by atoms with Gasteiger partial charge in [-0.15, -0.1) is 0 Å². The van der Waals surface area contributed by atoms with E-state index in [-0.39, 0.29) is 17.2 Å². The third kappa shape index (κ3) is 6.77. The van der Waals surface area contributed by atoms with E-state index < -0.39 is 20.1 Å². The van der Waals surface area contributed by atoms with Gasteiger partial charge in [-0.05, 0) is 54.3 Å². The molecule has 154 valence electrons. The topological polar surface area (TPSA) is 80.8 Å². The molecule has 28 heavy (non-hydrogen) atoms. The predicted molar refractivity (Wildman–Crippen MR) is 110 cm³/mol. The van der Waals surface area contributed by atoms with E-state index in [1.807, 2.05) is 13.8 Å². The lowest BCUT2D eigenvalue weighted by Gasteiger charge is -2.23. The normalized spacial score (nSPS) is 12.5. The Balaban J connectivity index is 2.26. The number of nitrogens with zero attached hydrogens (tertiary/aromatic N) is 1. The summed E-state index contributed by atoms with van der Waals surface area (Å²) in [6.07, 6.45) is 1.68. The smallest absolute Gasteiger partial charge is 0.306 e. The summed E-state index contributed by atoms with van der Waals surface area (Å²) < 4.78 is 54.8. The number of benzene rings is 2. The first-order chi connectivity index (χ1) is 13.0. The molecule has 9 heteroatoms. The molecule has 0 amide bonds. The molecule has 0 bridgehead atoms. The van der Waals surface area contributed by atoms with Gasteiger partial charge in [-0.3, -0.25) is 0 Å². The molecular weight excluding hydrogens is 422 g/mol. The Kier molecular flexibility index (Phi) is 7.50. The molecule has 0 spiro atoms. The first-order valence-corrected chi connectivity index (χ1v) is 12.3. The number of halogens is 1. The molecule has 6 nitrogen and oxygen atoms in total. The van der Waals surface area contributed by atoms with Crippen LogP contribution in [0.3, 0.4) is 0 Å². The van der Waals surface area contributed by atoms with E-state index in [9.17, 15) is 16.8 Å². The van der Waals surface area contributed by atoms with Crippen molar-refractivity contribution in [2.45, 2.75) is 31.7 Å². The van der Waals surface area contributed by atoms with Gasteiger partial charge in [-0.1, -0.05) is 37.6 Å². The quantitative estimate of drug-likeness (QED) is 0.546. The van der Waals surface area contributed by atoms with Gasteiger partial charge in [0, 0.05) is 18.1 Å². The van der Waals surface area contributed by atoms with Crippen LogP contribution in [0.2, 0.25) is 5.02 Å². The van der Waals surface area contributed by atoms with Crippen LogP contribution < -0.4 is 4.18 Å². The van der Waals surface area contributed by atoms with Gasteiger partial charge in [0.2, 0.25) is 10.0 Å². The molecule has 0 heterocycles. The highest BCUT2D eigenvalue weighted by Gasteiger charge is 2.24. The van der Waals surface area contributed by atoms with Gasteiger partial charge in [-0.25, -0.2) is 8.42 Å². The molecule has 0 fully saturated rings. The molecule has 0 atom stereocenters. The predicted octanol–water partition coefficient (Wildman–Crippen LogP) is 3.92. The molecule has 2 aromatic rings. The minimum absolute atomic E-state index is 0.164. The minimum Gasteiger partial charge on any atom is -0.383 e. The Morgan fingerprint density at radius 2 is 1.54 bits per heavy atom. The molecule has 0 saturated heterocycles. The van der Waals surface area contributed by atoms with E-state index in [0.717, 1.165) is 11.8 Å². The Morgan fingerprint density at radius 3 is 2.04 bits per heavy atom. The number of sulfonamides is 1. The molecule has 0 saturated carbocycles. The lowest BCUT2D eigenvalue weighted by molar-refractivity contribution is 0.375. The van der Waals surface area contributed by atoms with Gasteiger partial charge in [0.15, 0.2) is 0 Å². The second kappa shape index (κ2) is 9.26. The molecule has 0 aliphatic carbocycles. The first-order valence-electron chi connectivity index (χ1n) is 8.71. The van der Waals surface area contributed by atoms with Crippen LogP contribution in [0.15, 0.2) is 53.4 Å². The molecule has 0 aliphatic heterocycles. The second-order valence-corrected chi connectivity index (χ2v) is 10.9. The lowest BCUT2D eigenvalue weighted by Crippen LogP contribution is -2.32. The van der Waals surface area contributed by atoms with Crippen LogP contribution in [0.5, 0.6) is 5.75 Å². The van der Waals surface area contributed by atoms with Crippen LogP contribution in [0.1, 0.15) is 25.8 Å². The van der Waals surface area contributed by atoms with E-state index in [4.69, 9.17) is 15.8 Å². The van der Waals surface area contributed by atoms with Crippen molar-refractivity contribution < 1.29 is 21.0 Å². The minimum atomic E-state index is -3.70. The SMILES string of the molecule is CC(C)CCN(Cc1ccc(OS(C)(=O)=O)cc1)S(=O)(=O)c1ccc(Cl)cc1. The Hall–Kier alpha value is -1.61. The standard InChI is InChI=1S/C19H24ClNO5S2/c1-15(2)12-13-21(28(24,25)19-10-6-17(20)7-11-19)14-16-4-8-18(9-5-16)26-27(3,22)23/h4-11,15H,12-14H2,1-3H3. The van der Waals surface area contributed by atoms with Gasteiger partial charge in [-0.2, -0.15) is 12.7 Å². The van der Waals surface area contributed by atoms with Crippen molar-refractivity contribution in [2.75, 3.05) is 12.8 Å². The Morgan fingerprint density at radius 1 is 0.964 bits per heavy atom. The molecule has 0 aromatic heterocycles. The van der Waals surface area contributed by atoms with E-state index in [1.54, 1.807) is 24.3 Å². The van der Waals surface area contributed by atoms with Crippen molar-refractivity contribution >= 4 is 31.7 Å². The zero-order valence-corrected chi connectivity index (χ0v) is 18.4. The number of hydrogen-bond acceptors (Lipinski definition) is 5. The number of hydrogen-bond donors (Lipinski definition) is 0. The van der Waals surface area contributed by atoms with Crippen LogP contribution in [0, 0.1) is 5.92 Å². The molecule has 0 aliphatic rings. The van der Waals surface area contributed by atoms with Gasteiger partial charge in [0.05, 0.1) is 11.2 Å². The maximum atomic E-state index is 13.1. The van der Waals surface area contributed by atoms with E-state index in [2.05, 4.69) is 0 Å². The number of rotatable bonds is 9. The zero-order chi connectivity index (χ0) is 20.9. The summed E-state index contributed by atoms with van der Waals surface area (Å²) in [4.78, 5) is 0.178. The van der Waals surface area contributed by atoms with Crippen molar-refractivity contribution in [1.82, 2.24) is 4.31 Å². The van der Waals surface area contributed by atoms with E-state index in [0.29, 0.717) is 23.9 Å². The van der Waals surface area contributed by atoms with Crippen LogP contribution in [-0.2, 0) is 26.7 Å². The zero-order valence-electron chi connectivity index (χ0n) is 16.0. The fourth-order valence-corrected chi connectivity index (χ4v) is 4.50. The summed E-state index contributed by atoms with van der Waals surface area (Å²) in [6.45, 7) is 4.59. The van der Waals surface area contributed by atoms with Crippen LogP contribution in [0.25, 0.3) is 0 Å². The van der Waals surface area contributed by atoms with Gasteiger partial charge >= 0.3 is 10.1 Å². The lowest BCUT2D eigenvalue weighted by atomic mass is 10.1. The maximum absolute atomic E-state index is 13.1. The molecule has 0 unspecified atom stereocenters. The summed E-state index contributed by atoms with van der Waals surface area (Å²) >= 11 is 5.87. The highest BCUT2D eigenvalue weighted by atomic mass is 35.5. The summed E-state index contributed by atoms with van der Waals surface area (Å²) in [5.41, 5.74) is 0.724. The monoisotopic (exact) mass is 445 g/mol. The van der Waals surface area contributed by atoms with Crippen LogP contribution in [0.4, 0.5) is 0 Å². The molecule has 2 rings (SSSR count). The molecule has 2 aromatic carbocycles. The second-order valence-electron chi connectivity index (χ2n) is 6.91. The van der Waals surface area contributed by atoms with Crippen LogP contribution >= 0.6 is 11.6 Å². The average Bonchev–Trinajstić information content (AvgIpc) is 2.58. The fraction of sp³-hybridized carbons (Fsp3) is 0.368. The first kappa shape index (κ1) is 22.7. The van der Waals surface area contributed by atoms with Crippen molar-refractivity contribution in [3.63, 3.8) is 0 Å². The third-order valence-corrected chi connectivity index (χ3v) is 6.54. The molecular formula is C19H24ClNO5S2. The van der Waals surface area contributed by atoms with Crippen molar-refractivity contribution in [3.8, 4) is 5.75 Å². The Labute approximate surface area is 172 Å².